The fourth-order valence-electron chi connectivity index (χ4n) is 4.91. The first-order valence-electron chi connectivity index (χ1n) is 11.6. The Kier molecular flexibility index (Phi) is 6.90. The Bertz CT molecular complexity index is 1110. The van der Waals surface area contributed by atoms with Crippen LogP contribution in [0.4, 0.5) is 11.5 Å². The highest BCUT2D eigenvalue weighted by Crippen LogP contribution is 2.30. The first-order valence-corrected chi connectivity index (χ1v) is 13.1. The standard InChI is InChI=1S/C24H33N5O3S/c1-16-12-17(2)22(18(3)13-16)33(31,32)28-21-14-19(24(30)27-20-6-4-5-7-20)15-26-23(21)29-10-8-25-9-11-29/h12-15,20,25,28H,4-11H2,1-3H3,(H,27,30). The molecule has 1 aliphatic carbocycles. The van der Waals surface area contributed by atoms with E-state index in [1.165, 1.54) is 0 Å². The number of piperazine rings is 1. The zero-order valence-electron chi connectivity index (χ0n) is 19.6. The molecule has 2 heterocycles. The van der Waals surface area contributed by atoms with E-state index in [0.29, 0.717) is 41.3 Å². The molecule has 3 N–H and O–H groups in total. The molecule has 1 aliphatic heterocycles. The van der Waals surface area contributed by atoms with Crippen molar-refractivity contribution in [3.8, 4) is 0 Å². The van der Waals surface area contributed by atoms with Crippen molar-refractivity contribution in [3.63, 3.8) is 0 Å². The van der Waals surface area contributed by atoms with Crippen LogP contribution >= 0.6 is 0 Å². The number of carbonyl (C=O) groups is 1. The third-order valence-corrected chi connectivity index (χ3v) is 8.02. The molecule has 1 saturated carbocycles. The predicted molar refractivity (Wildman–Crippen MR) is 131 cm³/mol. The van der Waals surface area contributed by atoms with Crippen LogP contribution in [0.1, 0.15) is 52.7 Å². The molecule has 4 rings (SSSR count). The van der Waals surface area contributed by atoms with E-state index in [2.05, 4.69) is 20.3 Å². The number of rotatable bonds is 6. The van der Waals surface area contributed by atoms with Crippen LogP contribution in [0.15, 0.2) is 29.3 Å². The molecule has 2 aliphatic rings. The summed E-state index contributed by atoms with van der Waals surface area (Å²) < 4.78 is 29.7. The van der Waals surface area contributed by atoms with Crippen molar-refractivity contribution in [2.45, 2.75) is 57.4 Å². The van der Waals surface area contributed by atoms with Gasteiger partial charge in [0.1, 0.15) is 0 Å². The molecule has 8 nitrogen and oxygen atoms in total. The van der Waals surface area contributed by atoms with Gasteiger partial charge in [-0.1, -0.05) is 30.5 Å². The van der Waals surface area contributed by atoms with E-state index in [1.807, 2.05) is 24.0 Å². The van der Waals surface area contributed by atoms with Crippen LogP contribution in [0.25, 0.3) is 0 Å². The summed E-state index contributed by atoms with van der Waals surface area (Å²) in [6, 6.07) is 5.51. The highest BCUT2D eigenvalue weighted by atomic mass is 32.2. The number of nitrogens with zero attached hydrogens (tertiary/aromatic N) is 2. The van der Waals surface area contributed by atoms with Crippen molar-refractivity contribution in [1.29, 1.82) is 0 Å². The fourth-order valence-corrected chi connectivity index (χ4v) is 6.42. The number of sulfonamides is 1. The number of hydrogen-bond donors (Lipinski definition) is 3. The van der Waals surface area contributed by atoms with Gasteiger partial charge in [0.15, 0.2) is 5.82 Å². The molecule has 33 heavy (non-hydrogen) atoms. The summed E-state index contributed by atoms with van der Waals surface area (Å²) in [5, 5.41) is 6.36. The molecule has 2 aromatic rings. The van der Waals surface area contributed by atoms with E-state index < -0.39 is 10.0 Å². The van der Waals surface area contributed by atoms with E-state index in [4.69, 9.17) is 0 Å². The second-order valence-electron chi connectivity index (χ2n) is 9.12. The molecule has 0 atom stereocenters. The van der Waals surface area contributed by atoms with Gasteiger partial charge < -0.3 is 15.5 Å². The number of amides is 1. The van der Waals surface area contributed by atoms with Gasteiger partial charge in [-0.25, -0.2) is 13.4 Å². The number of anilines is 2. The molecule has 1 aromatic carbocycles. The normalized spacial score (nSPS) is 17.2. The molecule has 0 unspecified atom stereocenters. The van der Waals surface area contributed by atoms with E-state index >= 15 is 0 Å². The lowest BCUT2D eigenvalue weighted by Gasteiger charge is -2.30. The first kappa shape index (κ1) is 23.5. The van der Waals surface area contributed by atoms with Crippen molar-refractivity contribution in [3.05, 3.63) is 46.6 Å². The number of aryl methyl sites for hydroxylation is 3. The zero-order chi connectivity index (χ0) is 23.6. The Morgan fingerprint density at radius 2 is 1.70 bits per heavy atom. The maximum Gasteiger partial charge on any atom is 0.262 e. The lowest BCUT2D eigenvalue weighted by Crippen LogP contribution is -2.44. The zero-order valence-corrected chi connectivity index (χ0v) is 20.4. The summed E-state index contributed by atoms with van der Waals surface area (Å²) in [7, 11) is -3.88. The number of benzene rings is 1. The van der Waals surface area contributed by atoms with E-state index in [9.17, 15) is 13.2 Å². The molecule has 0 radical (unpaired) electrons. The summed E-state index contributed by atoms with van der Waals surface area (Å²) in [4.78, 5) is 19.7. The molecule has 1 amide bonds. The van der Waals surface area contributed by atoms with Crippen LogP contribution in [-0.4, -0.2) is 51.5 Å². The van der Waals surface area contributed by atoms with Gasteiger partial charge in [-0.05, 0) is 50.8 Å². The second-order valence-corrected chi connectivity index (χ2v) is 10.7. The lowest BCUT2D eigenvalue weighted by atomic mass is 10.1. The lowest BCUT2D eigenvalue weighted by molar-refractivity contribution is 0.0937. The highest BCUT2D eigenvalue weighted by molar-refractivity contribution is 7.92. The average Bonchev–Trinajstić information content (AvgIpc) is 3.26. The third kappa shape index (κ3) is 5.30. The van der Waals surface area contributed by atoms with Crippen LogP contribution in [0.2, 0.25) is 0 Å². The minimum atomic E-state index is -3.88. The van der Waals surface area contributed by atoms with Crippen molar-refractivity contribution >= 4 is 27.4 Å². The maximum atomic E-state index is 13.5. The fraction of sp³-hybridized carbons (Fsp3) is 0.500. The summed E-state index contributed by atoms with van der Waals surface area (Å²) >= 11 is 0. The van der Waals surface area contributed by atoms with Crippen LogP contribution in [-0.2, 0) is 10.0 Å². The monoisotopic (exact) mass is 471 g/mol. The number of aromatic nitrogens is 1. The third-order valence-electron chi connectivity index (χ3n) is 6.35. The van der Waals surface area contributed by atoms with Gasteiger partial charge in [-0.3, -0.25) is 9.52 Å². The van der Waals surface area contributed by atoms with Crippen LogP contribution in [0.5, 0.6) is 0 Å². The van der Waals surface area contributed by atoms with Gasteiger partial charge in [0, 0.05) is 38.4 Å². The van der Waals surface area contributed by atoms with E-state index in [-0.39, 0.29) is 16.8 Å². The maximum absolute atomic E-state index is 13.5. The largest absolute Gasteiger partial charge is 0.352 e. The van der Waals surface area contributed by atoms with Crippen LogP contribution in [0, 0.1) is 20.8 Å². The van der Waals surface area contributed by atoms with Gasteiger partial charge in [-0.15, -0.1) is 0 Å². The van der Waals surface area contributed by atoms with Gasteiger partial charge >= 0.3 is 0 Å². The van der Waals surface area contributed by atoms with Crippen molar-refractivity contribution in [2.24, 2.45) is 0 Å². The molecule has 2 fully saturated rings. The Hall–Kier alpha value is -2.65. The van der Waals surface area contributed by atoms with E-state index in [0.717, 1.165) is 44.3 Å². The summed E-state index contributed by atoms with van der Waals surface area (Å²) in [6.07, 6.45) is 5.73. The van der Waals surface area contributed by atoms with Crippen LogP contribution < -0.4 is 20.3 Å². The van der Waals surface area contributed by atoms with Crippen LogP contribution in [0.3, 0.4) is 0 Å². The molecule has 1 saturated heterocycles. The molecule has 178 valence electrons. The van der Waals surface area contributed by atoms with Crippen molar-refractivity contribution in [2.75, 3.05) is 35.8 Å². The van der Waals surface area contributed by atoms with Gasteiger partial charge in [0.25, 0.3) is 15.9 Å². The SMILES string of the molecule is Cc1cc(C)c(S(=O)(=O)Nc2cc(C(=O)NC3CCCC3)cnc2N2CCNCC2)c(C)c1. The Morgan fingerprint density at radius 3 is 2.33 bits per heavy atom. The Labute approximate surface area is 196 Å². The minimum Gasteiger partial charge on any atom is -0.352 e. The van der Waals surface area contributed by atoms with E-state index in [1.54, 1.807) is 26.1 Å². The summed E-state index contributed by atoms with van der Waals surface area (Å²) in [6.45, 7) is 8.53. The molecular weight excluding hydrogens is 438 g/mol. The molecule has 0 bridgehead atoms. The molecular formula is C24H33N5O3S. The minimum absolute atomic E-state index is 0.170. The number of nitrogens with one attached hydrogen (secondary N) is 3. The number of pyridine rings is 1. The Balaban J connectivity index is 1.69. The van der Waals surface area contributed by atoms with Gasteiger partial charge in [0.2, 0.25) is 0 Å². The first-order chi connectivity index (χ1) is 15.7. The van der Waals surface area contributed by atoms with Gasteiger partial charge in [-0.2, -0.15) is 0 Å². The quantitative estimate of drug-likeness (QED) is 0.599. The number of carbonyl (C=O) groups excluding carboxylic acids is 1. The predicted octanol–water partition coefficient (Wildman–Crippen LogP) is 2.89. The summed E-state index contributed by atoms with van der Waals surface area (Å²) in [5.74, 6) is 0.323. The van der Waals surface area contributed by atoms with Crippen molar-refractivity contribution < 1.29 is 13.2 Å². The molecule has 1 aromatic heterocycles. The molecule has 0 spiro atoms. The smallest absolute Gasteiger partial charge is 0.262 e. The highest BCUT2D eigenvalue weighted by Gasteiger charge is 2.26. The average molecular weight is 472 g/mol. The topological polar surface area (TPSA) is 103 Å². The summed E-state index contributed by atoms with van der Waals surface area (Å²) in [5.41, 5.74) is 3.07. The number of hydrogen-bond acceptors (Lipinski definition) is 6. The van der Waals surface area contributed by atoms with Gasteiger partial charge in [0.05, 0.1) is 16.1 Å². The molecule has 9 heteroatoms. The van der Waals surface area contributed by atoms with Crippen molar-refractivity contribution in [1.82, 2.24) is 15.6 Å². The Morgan fingerprint density at radius 1 is 1.06 bits per heavy atom. The second kappa shape index (κ2) is 9.69.